The zero-order valence-corrected chi connectivity index (χ0v) is 14.4. The third-order valence-electron chi connectivity index (χ3n) is 2.12. The molecule has 18 heavy (non-hydrogen) atoms. The minimum atomic E-state index is 0.552. The smallest absolute Gasteiger partial charge is 0.145 e. The van der Waals surface area contributed by atoms with Gasteiger partial charge in [0.1, 0.15) is 16.1 Å². The van der Waals surface area contributed by atoms with Gasteiger partial charge in [0.2, 0.25) is 0 Å². The van der Waals surface area contributed by atoms with Crippen LogP contribution in [-0.2, 0) is 9.47 Å². The number of hydrogen-bond donors (Lipinski definition) is 0. The molecule has 0 aliphatic rings. The summed E-state index contributed by atoms with van der Waals surface area (Å²) in [6, 6.07) is 1.95. The molecule has 0 atom stereocenters. The number of unbranched alkanes of at least 4 members (excludes halogenated alkanes) is 1. The highest BCUT2D eigenvalue weighted by molar-refractivity contribution is 9.12. The van der Waals surface area contributed by atoms with E-state index in [1.54, 1.807) is 11.3 Å². The lowest BCUT2D eigenvalue weighted by Gasteiger charge is -2.06. The Kier molecular flexibility index (Phi) is 9.31. The summed E-state index contributed by atoms with van der Waals surface area (Å²) in [4.78, 5) is 0. The van der Waals surface area contributed by atoms with E-state index in [9.17, 15) is 0 Å². The van der Waals surface area contributed by atoms with Gasteiger partial charge in [0.25, 0.3) is 0 Å². The minimum absolute atomic E-state index is 0.552. The fourth-order valence-corrected chi connectivity index (χ4v) is 3.86. The Morgan fingerprint density at radius 2 is 1.72 bits per heavy atom. The van der Waals surface area contributed by atoms with Crippen molar-refractivity contribution in [2.75, 3.05) is 33.0 Å². The Morgan fingerprint density at radius 1 is 1.06 bits per heavy atom. The van der Waals surface area contributed by atoms with Crippen molar-refractivity contribution in [1.29, 1.82) is 0 Å². The van der Waals surface area contributed by atoms with Crippen molar-refractivity contribution in [3.05, 3.63) is 13.6 Å². The molecule has 0 amide bonds. The van der Waals surface area contributed by atoms with Crippen molar-refractivity contribution >= 4 is 43.2 Å². The predicted molar refractivity (Wildman–Crippen MR) is 81.8 cm³/mol. The first-order chi connectivity index (χ1) is 8.74. The van der Waals surface area contributed by atoms with Crippen LogP contribution in [0.3, 0.4) is 0 Å². The molecule has 0 spiro atoms. The van der Waals surface area contributed by atoms with Crippen LogP contribution in [-0.4, -0.2) is 33.0 Å². The summed E-state index contributed by atoms with van der Waals surface area (Å²) in [6.07, 6.45) is 2.28. The monoisotopic (exact) mass is 400 g/mol. The summed E-state index contributed by atoms with van der Waals surface area (Å²) in [5.74, 6) is 0.856. The van der Waals surface area contributed by atoms with Crippen LogP contribution in [0.25, 0.3) is 0 Å². The van der Waals surface area contributed by atoms with Crippen LogP contribution in [0.15, 0.2) is 13.6 Å². The van der Waals surface area contributed by atoms with E-state index in [1.807, 2.05) is 6.07 Å². The highest BCUT2D eigenvalue weighted by Gasteiger charge is 2.05. The zero-order valence-electron chi connectivity index (χ0n) is 10.4. The van der Waals surface area contributed by atoms with Crippen molar-refractivity contribution < 1.29 is 14.2 Å². The summed E-state index contributed by atoms with van der Waals surface area (Å²) in [5.41, 5.74) is 0. The van der Waals surface area contributed by atoms with Crippen molar-refractivity contribution in [1.82, 2.24) is 0 Å². The third kappa shape index (κ3) is 7.09. The van der Waals surface area contributed by atoms with Crippen molar-refractivity contribution in [3.8, 4) is 5.75 Å². The summed E-state index contributed by atoms with van der Waals surface area (Å²) in [6.45, 7) is 5.40. The van der Waals surface area contributed by atoms with Crippen LogP contribution < -0.4 is 4.74 Å². The first-order valence-corrected chi connectivity index (χ1v) is 8.37. The molecule has 0 radical (unpaired) electrons. The van der Waals surface area contributed by atoms with Gasteiger partial charge in [0, 0.05) is 12.7 Å². The van der Waals surface area contributed by atoms with Gasteiger partial charge in [-0.3, -0.25) is 0 Å². The number of halogens is 2. The Labute approximate surface area is 129 Å². The number of hydrogen-bond acceptors (Lipinski definition) is 4. The van der Waals surface area contributed by atoms with Crippen molar-refractivity contribution in [3.63, 3.8) is 0 Å². The Hall–Kier alpha value is 0.380. The van der Waals surface area contributed by atoms with E-state index < -0.39 is 0 Å². The summed E-state index contributed by atoms with van der Waals surface area (Å²) >= 11 is 8.44. The molecule has 0 aromatic carbocycles. The number of thiophene rings is 1. The van der Waals surface area contributed by atoms with Crippen molar-refractivity contribution in [2.45, 2.75) is 19.8 Å². The molecule has 0 aliphatic heterocycles. The van der Waals surface area contributed by atoms with E-state index in [-0.39, 0.29) is 0 Å². The molecule has 0 aliphatic carbocycles. The van der Waals surface area contributed by atoms with Gasteiger partial charge in [-0.05, 0) is 38.3 Å². The second-order valence-electron chi connectivity index (χ2n) is 3.62. The van der Waals surface area contributed by atoms with Crippen molar-refractivity contribution in [2.24, 2.45) is 0 Å². The second kappa shape index (κ2) is 10.2. The minimum Gasteiger partial charge on any atom is -0.489 e. The second-order valence-corrected chi connectivity index (χ2v) is 7.36. The fraction of sp³-hybridized carbons (Fsp3) is 0.667. The lowest BCUT2D eigenvalue weighted by Crippen LogP contribution is -2.11. The molecular formula is C12H18Br2O3S. The maximum Gasteiger partial charge on any atom is 0.145 e. The highest BCUT2D eigenvalue weighted by Crippen LogP contribution is 2.37. The molecule has 0 N–H and O–H groups in total. The molecule has 6 heteroatoms. The molecule has 1 rings (SSSR count). The van der Waals surface area contributed by atoms with Crippen LogP contribution in [0.4, 0.5) is 0 Å². The van der Waals surface area contributed by atoms with E-state index in [0.29, 0.717) is 26.4 Å². The number of rotatable bonds is 10. The first-order valence-electron chi connectivity index (χ1n) is 5.97. The van der Waals surface area contributed by atoms with Gasteiger partial charge in [-0.25, -0.2) is 0 Å². The summed E-state index contributed by atoms with van der Waals surface area (Å²) in [5, 5.41) is 0. The van der Waals surface area contributed by atoms with E-state index >= 15 is 0 Å². The molecule has 0 bridgehead atoms. The van der Waals surface area contributed by atoms with Gasteiger partial charge in [0.05, 0.1) is 23.6 Å². The van der Waals surface area contributed by atoms with Gasteiger partial charge in [0.15, 0.2) is 0 Å². The molecule has 1 aromatic rings. The Balaban J connectivity index is 1.94. The normalized spacial score (nSPS) is 10.8. The van der Waals surface area contributed by atoms with E-state index in [2.05, 4.69) is 38.8 Å². The van der Waals surface area contributed by atoms with E-state index in [0.717, 1.165) is 26.4 Å². The molecule has 1 aromatic heterocycles. The maximum absolute atomic E-state index is 5.57. The first kappa shape index (κ1) is 16.4. The molecular weight excluding hydrogens is 384 g/mol. The highest BCUT2D eigenvalue weighted by atomic mass is 79.9. The molecule has 104 valence electrons. The SMILES string of the molecule is CCCCOCCOCCOc1cc(Br)sc1Br. The van der Waals surface area contributed by atoms with Gasteiger partial charge < -0.3 is 14.2 Å². The molecule has 0 saturated heterocycles. The van der Waals surface area contributed by atoms with Crippen LogP contribution in [0.5, 0.6) is 5.75 Å². The van der Waals surface area contributed by atoms with Crippen LogP contribution >= 0.6 is 43.2 Å². The fourth-order valence-electron chi connectivity index (χ4n) is 1.20. The maximum atomic E-state index is 5.57. The average molecular weight is 402 g/mol. The standard InChI is InChI=1S/C12H18Br2O3S/c1-2-3-4-15-5-6-16-7-8-17-10-9-11(13)18-12(10)14/h9H,2-8H2,1H3. The van der Waals surface area contributed by atoms with E-state index in [1.165, 1.54) is 6.42 Å². The molecule has 0 unspecified atom stereocenters. The molecule has 3 nitrogen and oxygen atoms in total. The topological polar surface area (TPSA) is 27.7 Å². The Bertz CT molecular complexity index is 331. The summed E-state index contributed by atoms with van der Waals surface area (Å²) < 4.78 is 18.4. The third-order valence-corrected chi connectivity index (χ3v) is 4.41. The van der Waals surface area contributed by atoms with Crippen LogP contribution in [0.2, 0.25) is 0 Å². The van der Waals surface area contributed by atoms with Gasteiger partial charge in [-0.1, -0.05) is 13.3 Å². The van der Waals surface area contributed by atoms with Crippen LogP contribution in [0, 0.1) is 0 Å². The molecule has 1 heterocycles. The lowest BCUT2D eigenvalue weighted by molar-refractivity contribution is 0.0355. The lowest BCUT2D eigenvalue weighted by atomic mass is 10.4. The largest absolute Gasteiger partial charge is 0.489 e. The molecule has 0 saturated carbocycles. The molecule has 0 fully saturated rings. The van der Waals surface area contributed by atoms with Gasteiger partial charge >= 0.3 is 0 Å². The predicted octanol–water partition coefficient (Wildman–Crippen LogP) is 4.49. The Morgan fingerprint density at radius 3 is 2.33 bits per heavy atom. The number of ether oxygens (including phenoxy) is 3. The average Bonchev–Trinajstić information content (AvgIpc) is 2.66. The van der Waals surface area contributed by atoms with Gasteiger partial charge in [-0.2, -0.15) is 0 Å². The van der Waals surface area contributed by atoms with Gasteiger partial charge in [-0.15, -0.1) is 11.3 Å². The van der Waals surface area contributed by atoms with Crippen LogP contribution in [0.1, 0.15) is 19.8 Å². The zero-order chi connectivity index (χ0) is 13.2. The quantitative estimate of drug-likeness (QED) is 0.540. The van der Waals surface area contributed by atoms with E-state index in [4.69, 9.17) is 14.2 Å². The summed E-state index contributed by atoms with van der Waals surface area (Å²) in [7, 11) is 0.